The van der Waals surface area contributed by atoms with E-state index >= 15 is 0 Å². The minimum Gasteiger partial charge on any atom is -0.468 e. The van der Waals surface area contributed by atoms with Crippen molar-refractivity contribution in [2.45, 2.75) is 23.6 Å². The van der Waals surface area contributed by atoms with Gasteiger partial charge < -0.3 is 9.72 Å². The molecule has 6 nitrogen and oxygen atoms in total. The molecule has 168 valence electrons. The number of esters is 1. The summed E-state index contributed by atoms with van der Waals surface area (Å²) in [6.07, 6.45) is 1.93. The fraction of sp³-hybridized carbons (Fsp3) is 0.160. The van der Waals surface area contributed by atoms with Crippen LogP contribution in [0.3, 0.4) is 0 Å². The van der Waals surface area contributed by atoms with Gasteiger partial charge in [0, 0.05) is 29.1 Å². The number of nitrogens with one attached hydrogen (secondary N) is 2. The number of H-pyrrole nitrogens is 1. The molecule has 0 bridgehead atoms. The second-order valence-electron chi connectivity index (χ2n) is 7.50. The average molecular weight is 479 g/mol. The van der Waals surface area contributed by atoms with Crippen molar-refractivity contribution in [3.8, 4) is 11.8 Å². The molecule has 0 saturated heterocycles. The van der Waals surface area contributed by atoms with Crippen molar-refractivity contribution in [2.75, 3.05) is 7.11 Å². The van der Waals surface area contributed by atoms with Crippen molar-refractivity contribution in [3.63, 3.8) is 0 Å². The van der Waals surface area contributed by atoms with Gasteiger partial charge >= 0.3 is 5.97 Å². The number of aryl methyl sites for hydroxylation is 1. The first kappa shape index (κ1) is 22.8. The maximum absolute atomic E-state index is 13.0. The average Bonchev–Trinajstić information content (AvgIpc) is 3.46. The van der Waals surface area contributed by atoms with Crippen LogP contribution >= 0.6 is 11.3 Å². The molecule has 0 aliphatic rings. The monoisotopic (exact) mass is 478 g/mol. The molecule has 0 radical (unpaired) electrons. The highest BCUT2D eigenvalue weighted by atomic mass is 32.2. The third kappa shape index (κ3) is 5.34. The number of methoxy groups -OCH3 is 1. The molecule has 0 saturated carbocycles. The molecule has 8 heteroatoms. The molecule has 0 aliphatic heterocycles. The lowest BCUT2D eigenvalue weighted by Crippen LogP contribution is -2.42. The van der Waals surface area contributed by atoms with Crippen LogP contribution in [-0.4, -0.2) is 32.5 Å². The van der Waals surface area contributed by atoms with E-state index in [-0.39, 0.29) is 10.6 Å². The number of hydrogen-bond donors (Lipinski definition) is 2. The summed E-state index contributed by atoms with van der Waals surface area (Å²) in [5, 5.41) is 0.926. The van der Waals surface area contributed by atoms with Crippen molar-refractivity contribution in [1.29, 1.82) is 0 Å². The van der Waals surface area contributed by atoms with Crippen LogP contribution in [0.2, 0.25) is 0 Å². The summed E-state index contributed by atoms with van der Waals surface area (Å²) >= 11 is 1.05. The lowest BCUT2D eigenvalue weighted by molar-refractivity contribution is -0.142. The SMILES string of the molecule is COC(=O)[C@@H](Cc1c[nH]c2ccccc12)NS(=O)(=O)c1ccc(C#Cc2ccc(C)cc2)s1. The van der Waals surface area contributed by atoms with E-state index in [0.29, 0.717) is 4.88 Å². The third-order valence-electron chi connectivity index (χ3n) is 5.11. The molecule has 0 aliphatic carbocycles. The highest BCUT2D eigenvalue weighted by Gasteiger charge is 2.28. The van der Waals surface area contributed by atoms with Gasteiger partial charge in [0.25, 0.3) is 10.0 Å². The van der Waals surface area contributed by atoms with E-state index < -0.39 is 22.0 Å². The van der Waals surface area contributed by atoms with E-state index in [9.17, 15) is 13.2 Å². The second kappa shape index (κ2) is 9.63. The zero-order valence-electron chi connectivity index (χ0n) is 18.1. The molecule has 0 amide bonds. The summed E-state index contributed by atoms with van der Waals surface area (Å²) in [5.74, 6) is 5.38. The summed E-state index contributed by atoms with van der Waals surface area (Å²) in [4.78, 5) is 16.1. The number of rotatable bonds is 6. The molecule has 2 N–H and O–H groups in total. The van der Waals surface area contributed by atoms with Crippen molar-refractivity contribution in [1.82, 2.24) is 9.71 Å². The number of aromatic nitrogens is 1. The first-order valence-corrected chi connectivity index (χ1v) is 12.5. The Kier molecular flexibility index (Phi) is 6.65. The van der Waals surface area contributed by atoms with Gasteiger partial charge in [-0.15, -0.1) is 11.3 Å². The van der Waals surface area contributed by atoms with E-state index in [1.54, 1.807) is 12.3 Å². The highest BCUT2D eigenvalue weighted by Crippen LogP contribution is 2.23. The maximum Gasteiger partial charge on any atom is 0.324 e. The maximum atomic E-state index is 13.0. The quantitative estimate of drug-likeness (QED) is 0.324. The topological polar surface area (TPSA) is 88.3 Å². The molecule has 4 rings (SSSR count). The first-order valence-electron chi connectivity index (χ1n) is 10.2. The summed E-state index contributed by atoms with van der Waals surface area (Å²) in [6.45, 7) is 2.00. The van der Waals surface area contributed by atoms with Crippen molar-refractivity contribution < 1.29 is 17.9 Å². The fourth-order valence-electron chi connectivity index (χ4n) is 3.38. The third-order valence-corrected chi connectivity index (χ3v) is 8.07. The van der Waals surface area contributed by atoms with Gasteiger partial charge in [-0.2, -0.15) is 4.72 Å². The number of aromatic amines is 1. The van der Waals surface area contributed by atoms with E-state index in [2.05, 4.69) is 21.5 Å². The molecule has 33 heavy (non-hydrogen) atoms. The van der Waals surface area contributed by atoms with Crippen LogP contribution in [0.1, 0.15) is 21.6 Å². The van der Waals surface area contributed by atoms with Crippen molar-refractivity contribution in [2.24, 2.45) is 0 Å². The van der Waals surface area contributed by atoms with Gasteiger partial charge in [-0.25, -0.2) is 8.42 Å². The smallest absolute Gasteiger partial charge is 0.324 e. The van der Waals surface area contributed by atoms with Gasteiger partial charge in [-0.05, 0) is 42.8 Å². The van der Waals surface area contributed by atoms with Crippen LogP contribution in [0.15, 0.2) is 71.1 Å². The number of hydrogen-bond acceptors (Lipinski definition) is 5. The Morgan fingerprint density at radius 3 is 2.61 bits per heavy atom. The fourth-order valence-corrected chi connectivity index (χ4v) is 5.74. The van der Waals surface area contributed by atoms with Gasteiger partial charge in [0.15, 0.2) is 0 Å². The van der Waals surface area contributed by atoms with E-state index in [0.717, 1.165) is 38.9 Å². The van der Waals surface area contributed by atoms with E-state index in [1.165, 1.54) is 13.2 Å². The van der Waals surface area contributed by atoms with Crippen molar-refractivity contribution in [3.05, 3.63) is 88.4 Å². The zero-order valence-corrected chi connectivity index (χ0v) is 19.7. The number of para-hydroxylation sites is 1. The molecule has 1 atom stereocenters. The highest BCUT2D eigenvalue weighted by molar-refractivity contribution is 7.91. The summed E-state index contributed by atoms with van der Waals surface area (Å²) in [7, 11) is -2.71. The predicted molar refractivity (Wildman–Crippen MR) is 130 cm³/mol. The second-order valence-corrected chi connectivity index (χ2v) is 10.5. The van der Waals surface area contributed by atoms with Crippen LogP contribution in [0, 0.1) is 18.8 Å². The van der Waals surface area contributed by atoms with Crippen LogP contribution < -0.4 is 4.72 Å². The lowest BCUT2D eigenvalue weighted by Gasteiger charge is -2.15. The number of thiophene rings is 1. The largest absolute Gasteiger partial charge is 0.468 e. The number of fused-ring (bicyclic) bond motifs is 1. The molecule has 4 aromatic rings. The molecule has 2 aromatic carbocycles. The summed E-state index contributed by atoms with van der Waals surface area (Å²) < 4.78 is 33.5. The molecule has 2 heterocycles. The lowest BCUT2D eigenvalue weighted by atomic mass is 10.1. The minimum absolute atomic E-state index is 0.0866. The molecular weight excluding hydrogens is 456 g/mol. The standard InChI is InChI=1S/C25H22N2O4S2/c1-17-7-9-18(10-8-17)11-12-20-13-14-24(32-20)33(29,30)27-23(25(28)31-2)15-19-16-26-22-6-4-3-5-21(19)22/h3-10,13-14,16,23,26-27H,15H2,1-2H3/t23-/m1/s1. The van der Waals surface area contributed by atoms with Crippen LogP contribution in [-0.2, 0) is 26.0 Å². The predicted octanol–water partition coefficient (Wildman–Crippen LogP) is 4.00. The van der Waals surface area contributed by atoms with Gasteiger partial charge in [-0.1, -0.05) is 47.7 Å². The van der Waals surface area contributed by atoms with Crippen LogP contribution in [0.4, 0.5) is 0 Å². The number of sulfonamides is 1. The number of benzene rings is 2. The summed E-state index contributed by atoms with van der Waals surface area (Å²) in [6, 6.07) is 17.5. The number of carbonyl (C=O) groups is 1. The molecule has 0 spiro atoms. The Morgan fingerprint density at radius 2 is 1.85 bits per heavy atom. The van der Waals surface area contributed by atoms with E-state index in [1.807, 2.05) is 55.5 Å². The normalized spacial score (nSPS) is 12.2. The van der Waals surface area contributed by atoms with Gasteiger partial charge in [0.05, 0.1) is 12.0 Å². The van der Waals surface area contributed by atoms with Gasteiger partial charge in [-0.3, -0.25) is 4.79 Å². The number of ether oxygens (including phenoxy) is 1. The number of carbonyl (C=O) groups excluding carboxylic acids is 1. The Balaban J connectivity index is 1.54. The summed E-state index contributed by atoms with van der Waals surface area (Å²) in [5.41, 5.74) is 3.72. The Labute approximate surface area is 196 Å². The van der Waals surface area contributed by atoms with E-state index in [4.69, 9.17) is 4.74 Å². The zero-order chi connectivity index (χ0) is 23.4. The Morgan fingerprint density at radius 1 is 1.09 bits per heavy atom. The first-order chi connectivity index (χ1) is 15.9. The molecule has 2 aromatic heterocycles. The Bertz CT molecular complexity index is 1460. The molecular formula is C25H22N2O4S2. The van der Waals surface area contributed by atoms with Crippen LogP contribution in [0.25, 0.3) is 10.9 Å². The van der Waals surface area contributed by atoms with Gasteiger partial charge in [0.2, 0.25) is 0 Å². The van der Waals surface area contributed by atoms with Crippen molar-refractivity contribution >= 4 is 38.2 Å². The van der Waals surface area contributed by atoms with Gasteiger partial charge in [0.1, 0.15) is 10.3 Å². The molecule has 0 unspecified atom stereocenters. The van der Waals surface area contributed by atoms with Crippen LogP contribution in [0.5, 0.6) is 0 Å². The Hall–Kier alpha value is -3.38. The minimum atomic E-state index is -3.95. The molecule has 0 fully saturated rings.